The Kier molecular flexibility index (Phi) is 13.1. The highest BCUT2D eigenvalue weighted by Gasteiger charge is 2.51. The van der Waals surface area contributed by atoms with Crippen molar-refractivity contribution >= 4 is 26.7 Å². The van der Waals surface area contributed by atoms with Gasteiger partial charge in [-0.05, 0) is 76.2 Å². The molecule has 1 saturated heterocycles. The van der Waals surface area contributed by atoms with Gasteiger partial charge in [-0.3, -0.25) is 14.5 Å². The van der Waals surface area contributed by atoms with Crippen molar-refractivity contribution in [1.29, 1.82) is 0 Å². The molecule has 0 bridgehead atoms. The highest BCUT2D eigenvalue weighted by atomic mass is 28.4. The van der Waals surface area contributed by atoms with E-state index in [-0.39, 0.29) is 11.5 Å². The molecule has 45 heavy (non-hydrogen) atoms. The molecule has 0 aromatic carbocycles. The van der Waals surface area contributed by atoms with E-state index in [1.165, 1.54) is 44.6 Å². The number of piperazine rings is 1. The molecule has 3 rings (SSSR count). The number of allylic oxidation sites excluding steroid dienone is 1. The van der Waals surface area contributed by atoms with Crippen LogP contribution in [0.1, 0.15) is 106 Å². The van der Waals surface area contributed by atoms with Crippen molar-refractivity contribution in [2.24, 2.45) is 5.92 Å². The van der Waals surface area contributed by atoms with Gasteiger partial charge in [-0.2, -0.15) is 0 Å². The molecule has 10 heteroatoms. The fourth-order valence-electron chi connectivity index (χ4n) is 6.44. The molecule has 0 aromatic heterocycles. The number of esters is 1. The third-order valence-corrected chi connectivity index (χ3v) is 15.0. The van der Waals surface area contributed by atoms with Gasteiger partial charge in [-0.25, -0.2) is 4.79 Å². The zero-order chi connectivity index (χ0) is 33.5. The van der Waals surface area contributed by atoms with Gasteiger partial charge in [0.2, 0.25) is 5.79 Å². The number of rotatable bonds is 6. The second-order valence-corrected chi connectivity index (χ2v) is 19.9. The number of hydrogen-bond acceptors (Lipinski definition) is 8. The topological polar surface area (TPSA) is 106 Å². The summed E-state index contributed by atoms with van der Waals surface area (Å²) in [6, 6.07) is 0.599. The van der Waals surface area contributed by atoms with Crippen LogP contribution >= 0.6 is 0 Å². The highest BCUT2D eigenvalue weighted by Crippen LogP contribution is 2.44. The van der Waals surface area contributed by atoms with E-state index in [0.29, 0.717) is 50.3 Å². The molecule has 1 aliphatic carbocycles. The Labute approximate surface area is 272 Å². The number of ether oxygens (including phenoxy) is 2. The number of carbonyl (C=O) groups excluding carboxylic acids is 3. The van der Waals surface area contributed by atoms with Gasteiger partial charge in [-0.15, -0.1) is 0 Å². The van der Waals surface area contributed by atoms with E-state index in [1.807, 2.05) is 6.92 Å². The van der Waals surface area contributed by atoms with Gasteiger partial charge in [-0.1, -0.05) is 59.5 Å². The monoisotopic (exact) mass is 648 g/mol. The summed E-state index contributed by atoms with van der Waals surface area (Å²) in [5, 5.41) is 11.4. The van der Waals surface area contributed by atoms with Crippen LogP contribution in [0.25, 0.3) is 0 Å². The molecule has 256 valence electrons. The molecule has 0 radical (unpaired) electrons. The van der Waals surface area contributed by atoms with Crippen LogP contribution in [0.3, 0.4) is 0 Å². The third-order valence-electron chi connectivity index (χ3n) is 10.6. The van der Waals surface area contributed by atoms with E-state index in [1.54, 1.807) is 30.9 Å². The molecule has 9 nitrogen and oxygen atoms in total. The maximum Gasteiger partial charge on any atom is 0.410 e. The highest BCUT2D eigenvalue weighted by molar-refractivity contribution is 6.74. The summed E-state index contributed by atoms with van der Waals surface area (Å²) in [5.41, 5.74) is -0.870. The summed E-state index contributed by atoms with van der Waals surface area (Å²) in [7, 11) is -2.55. The van der Waals surface area contributed by atoms with Gasteiger partial charge in [0, 0.05) is 50.1 Å². The fraction of sp³-hybridized carbons (Fsp3) is 0.800. The first-order chi connectivity index (χ1) is 21.0. The maximum atomic E-state index is 13.5. The van der Waals surface area contributed by atoms with Crippen molar-refractivity contribution < 1.29 is 33.4 Å². The molecule has 4 unspecified atom stereocenters. The maximum absolute atomic E-state index is 13.5. The summed E-state index contributed by atoms with van der Waals surface area (Å²) < 4.78 is 19.2. The Balaban J connectivity index is 1.88. The van der Waals surface area contributed by atoms with E-state index < -0.39 is 43.8 Å². The minimum Gasteiger partial charge on any atom is -0.439 e. The van der Waals surface area contributed by atoms with Gasteiger partial charge in [0.05, 0.1) is 0 Å². The Hall–Kier alpha value is -2.01. The van der Waals surface area contributed by atoms with E-state index in [9.17, 15) is 19.5 Å². The number of amides is 1. The minimum atomic E-state index is -2.55. The second-order valence-electron chi connectivity index (χ2n) is 15.2. The van der Waals surface area contributed by atoms with Crippen LogP contribution in [0.15, 0.2) is 23.8 Å². The lowest BCUT2D eigenvalue weighted by molar-refractivity contribution is -0.200. The predicted octanol–water partition coefficient (Wildman–Crippen LogP) is 6.76. The standard InChI is InChI=1S/C35H60N2O7Si/c1-27-18-19-30(42-32(40)37-24-22-36(23-25-37)29-15-11-9-10-12-16-29)34(6,41)21-14-13-17-31(39)43-35(27,28(2)20-26-38)44-45(7,8)33(3,4)5/h18-20,26-27,29-30,41H,9-17,21-25H2,1-8H3/b19-18-,28-20+. The molecule has 4 atom stereocenters. The van der Waals surface area contributed by atoms with Crippen LogP contribution in [0, 0.1) is 5.92 Å². The van der Waals surface area contributed by atoms with Crippen molar-refractivity contribution in [2.45, 2.75) is 147 Å². The number of hydrogen-bond donors (Lipinski definition) is 1. The lowest BCUT2D eigenvalue weighted by Gasteiger charge is -2.47. The number of nitrogens with zero attached hydrogens (tertiary/aromatic N) is 2. The lowest BCUT2D eigenvalue weighted by Crippen LogP contribution is -2.55. The molecule has 0 spiro atoms. The Morgan fingerprint density at radius 3 is 2.24 bits per heavy atom. The lowest BCUT2D eigenvalue weighted by atomic mass is 9.88. The van der Waals surface area contributed by atoms with Gasteiger partial charge < -0.3 is 23.9 Å². The summed E-state index contributed by atoms with van der Waals surface area (Å²) in [6.07, 6.45) is 13.4. The predicted molar refractivity (Wildman–Crippen MR) is 179 cm³/mol. The smallest absolute Gasteiger partial charge is 0.410 e. The Morgan fingerprint density at radius 1 is 1.04 bits per heavy atom. The first-order valence-electron chi connectivity index (χ1n) is 17.2. The molecule has 0 aromatic rings. The molecule has 1 amide bonds. The largest absolute Gasteiger partial charge is 0.439 e. The number of aliphatic hydroxyl groups is 1. The SMILES string of the molecule is C/C(=C\C=O)C1(O[Si](C)(C)C(C)(C)C)OC(=O)CCCCC(C)(O)C(OC(=O)N2CCN(C3CCCCCC3)CC2)/C=C\C1C. The van der Waals surface area contributed by atoms with Crippen LogP contribution in [-0.2, 0) is 23.5 Å². The van der Waals surface area contributed by atoms with Crippen molar-refractivity contribution in [3.05, 3.63) is 23.8 Å². The zero-order valence-electron chi connectivity index (χ0n) is 29.2. The van der Waals surface area contributed by atoms with E-state index in [0.717, 1.165) is 13.1 Å². The summed E-state index contributed by atoms with van der Waals surface area (Å²) in [6.45, 7) is 18.6. The molecule has 3 aliphatic rings. The normalized spacial score (nSPS) is 31.6. The summed E-state index contributed by atoms with van der Waals surface area (Å²) in [4.78, 5) is 42.7. The van der Waals surface area contributed by atoms with Gasteiger partial charge >= 0.3 is 12.1 Å². The molecular weight excluding hydrogens is 588 g/mol. The number of aldehydes is 1. The minimum absolute atomic E-state index is 0.138. The van der Waals surface area contributed by atoms with Gasteiger partial charge in [0.1, 0.15) is 11.9 Å². The fourth-order valence-corrected chi connectivity index (χ4v) is 7.89. The van der Waals surface area contributed by atoms with Crippen LogP contribution < -0.4 is 0 Å². The Morgan fingerprint density at radius 2 is 1.67 bits per heavy atom. The van der Waals surface area contributed by atoms with E-state index in [2.05, 4.69) is 38.8 Å². The zero-order valence-corrected chi connectivity index (χ0v) is 30.2. The van der Waals surface area contributed by atoms with Crippen LogP contribution in [-0.4, -0.2) is 91.3 Å². The molecule has 1 saturated carbocycles. The van der Waals surface area contributed by atoms with Crippen molar-refractivity contribution in [3.8, 4) is 0 Å². The molecular formula is C35H60N2O7Si. The average molecular weight is 649 g/mol. The Bertz CT molecular complexity index is 1070. The quantitative estimate of drug-likeness (QED) is 0.0842. The van der Waals surface area contributed by atoms with Crippen LogP contribution in [0.2, 0.25) is 18.1 Å². The van der Waals surface area contributed by atoms with Crippen molar-refractivity contribution in [1.82, 2.24) is 9.80 Å². The summed E-state index contributed by atoms with van der Waals surface area (Å²) in [5.74, 6) is -2.52. The van der Waals surface area contributed by atoms with E-state index >= 15 is 0 Å². The van der Waals surface area contributed by atoms with Crippen molar-refractivity contribution in [3.63, 3.8) is 0 Å². The van der Waals surface area contributed by atoms with Crippen LogP contribution in [0.5, 0.6) is 0 Å². The van der Waals surface area contributed by atoms with Gasteiger partial charge in [0.25, 0.3) is 0 Å². The summed E-state index contributed by atoms with van der Waals surface area (Å²) >= 11 is 0. The third kappa shape index (κ3) is 9.75. The molecule has 2 aliphatic heterocycles. The number of cyclic esters (lactones) is 1. The van der Waals surface area contributed by atoms with Gasteiger partial charge in [0.15, 0.2) is 14.4 Å². The first kappa shape index (κ1) is 37.4. The molecule has 2 fully saturated rings. The van der Waals surface area contributed by atoms with Crippen molar-refractivity contribution in [2.75, 3.05) is 26.2 Å². The first-order valence-corrected chi connectivity index (χ1v) is 20.1. The average Bonchev–Trinajstić information content (AvgIpc) is 3.25. The molecule has 1 N–H and O–H groups in total. The number of carbonyl (C=O) groups is 3. The van der Waals surface area contributed by atoms with Crippen LogP contribution in [0.4, 0.5) is 4.79 Å². The second kappa shape index (κ2) is 15.7. The van der Waals surface area contributed by atoms with E-state index in [4.69, 9.17) is 13.9 Å². The molecule has 2 heterocycles.